The minimum Gasteiger partial charge on any atom is -0.361 e. The van der Waals surface area contributed by atoms with Crippen LogP contribution in [0.1, 0.15) is 44.6 Å². The van der Waals surface area contributed by atoms with E-state index in [1.54, 1.807) is 0 Å². The van der Waals surface area contributed by atoms with Crippen LogP contribution in [0.15, 0.2) is 24.5 Å². The second-order valence-electron chi connectivity index (χ2n) is 10.0. The highest BCUT2D eigenvalue weighted by Crippen LogP contribution is 2.47. The highest BCUT2D eigenvalue weighted by molar-refractivity contribution is 7.84. The van der Waals surface area contributed by atoms with Crippen molar-refractivity contribution in [2.75, 3.05) is 6.61 Å². The quantitative estimate of drug-likeness (QED) is 0.449. The molecule has 7 heteroatoms. The topological polar surface area (TPSA) is 70.1 Å². The highest BCUT2D eigenvalue weighted by Gasteiger charge is 2.38. The number of fused-ring (bicyclic) bond motifs is 1. The lowest BCUT2D eigenvalue weighted by Crippen LogP contribution is -2.34. The van der Waals surface area contributed by atoms with Gasteiger partial charge in [0.25, 0.3) is 0 Å². The molecule has 0 radical (unpaired) electrons. The van der Waals surface area contributed by atoms with Crippen LogP contribution >= 0.6 is 0 Å². The maximum atomic E-state index is 12.0. The van der Waals surface area contributed by atoms with Crippen molar-refractivity contribution >= 4 is 30.1 Å². The minimum absolute atomic E-state index is 0.386. The van der Waals surface area contributed by atoms with E-state index in [-0.39, 0.29) is 4.75 Å². The molecule has 0 bridgehead atoms. The lowest BCUT2D eigenvalue weighted by molar-refractivity contribution is 0.0898. The lowest BCUT2D eigenvalue weighted by atomic mass is 9.86. The molecule has 1 unspecified atom stereocenters. The third-order valence-electron chi connectivity index (χ3n) is 5.75. The summed E-state index contributed by atoms with van der Waals surface area (Å²) in [5.74, 6) is 1.06. The largest absolute Gasteiger partial charge is 0.361 e. The van der Waals surface area contributed by atoms with Crippen LogP contribution in [-0.4, -0.2) is 33.2 Å². The Morgan fingerprint density at radius 1 is 1.36 bits per heavy atom. The number of nitrogens with two attached hydrogens (primary N) is 1. The van der Waals surface area contributed by atoms with Gasteiger partial charge < -0.3 is 9.30 Å². The summed E-state index contributed by atoms with van der Waals surface area (Å²) in [5, 5.41) is 5.76. The number of ether oxygens (including phenoxy) is 1. The Hall–Kier alpha value is -1.02. The summed E-state index contributed by atoms with van der Waals surface area (Å²) < 4.78 is 19.6. The molecular weight excluding hydrogens is 386 g/mol. The Balaban J connectivity index is 1.77. The summed E-state index contributed by atoms with van der Waals surface area (Å²) >= 11 is 0. The van der Waals surface area contributed by atoms with Gasteiger partial charge in [0.15, 0.2) is 0 Å². The summed E-state index contributed by atoms with van der Waals surface area (Å²) in [6, 6.07) is 7.71. The number of nitrogens with zero attached hydrogens (tertiary/aromatic N) is 2. The van der Waals surface area contributed by atoms with E-state index in [0.29, 0.717) is 18.6 Å². The van der Waals surface area contributed by atoms with E-state index < -0.39 is 19.1 Å². The molecule has 156 valence electrons. The summed E-state index contributed by atoms with van der Waals surface area (Å²) in [6.45, 7) is 12.4. The number of hydrogen-bond donors (Lipinski definition) is 1. The van der Waals surface area contributed by atoms with Crippen molar-refractivity contribution in [2.45, 2.75) is 76.2 Å². The Kier molecular flexibility index (Phi) is 6.49. The number of aromatic nitrogens is 2. The molecule has 2 aromatic rings. The first-order valence-corrected chi connectivity index (χ1v) is 15.2. The molecule has 1 aromatic heterocycles. The van der Waals surface area contributed by atoms with E-state index in [9.17, 15) is 4.21 Å². The number of hydrogen-bond acceptors (Lipinski definition) is 3. The molecule has 1 aliphatic rings. The van der Waals surface area contributed by atoms with Crippen LogP contribution in [0.4, 0.5) is 0 Å². The van der Waals surface area contributed by atoms with Gasteiger partial charge in [-0.3, -0.25) is 5.14 Å². The van der Waals surface area contributed by atoms with Gasteiger partial charge in [0.2, 0.25) is 0 Å². The zero-order valence-electron chi connectivity index (χ0n) is 17.9. The second-order valence-corrected chi connectivity index (χ2v) is 17.3. The van der Waals surface area contributed by atoms with Gasteiger partial charge in [-0.15, -0.1) is 0 Å². The van der Waals surface area contributed by atoms with Gasteiger partial charge >= 0.3 is 0 Å². The van der Waals surface area contributed by atoms with Crippen molar-refractivity contribution in [3.05, 3.63) is 30.1 Å². The van der Waals surface area contributed by atoms with Crippen LogP contribution in [0.5, 0.6) is 0 Å². The zero-order valence-corrected chi connectivity index (χ0v) is 19.7. The normalized spacial score (nSPS) is 17.8. The molecule has 3 rings (SSSR count). The minimum atomic E-state index is -1.33. The fourth-order valence-electron chi connectivity index (χ4n) is 3.62. The number of benzene rings is 1. The molecule has 2 atom stereocenters. The SMILES string of the molecule is CC(C)(C[C@@H](c1ccc2ncn(COCC[Si](C)(C)C)c2c1)C1CC1)S(N)=O. The van der Waals surface area contributed by atoms with Crippen LogP contribution in [0.25, 0.3) is 11.0 Å². The Morgan fingerprint density at radius 3 is 2.68 bits per heavy atom. The van der Waals surface area contributed by atoms with Gasteiger partial charge in [0.1, 0.15) is 6.73 Å². The molecule has 1 aliphatic carbocycles. The van der Waals surface area contributed by atoms with Gasteiger partial charge in [-0.1, -0.05) is 25.7 Å². The van der Waals surface area contributed by atoms with E-state index in [1.807, 2.05) is 20.2 Å². The van der Waals surface area contributed by atoms with Crippen molar-refractivity contribution in [1.29, 1.82) is 0 Å². The summed E-state index contributed by atoms with van der Waals surface area (Å²) in [4.78, 5) is 4.53. The molecule has 0 amide bonds. The van der Waals surface area contributed by atoms with Crippen molar-refractivity contribution in [1.82, 2.24) is 9.55 Å². The monoisotopic (exact) mass is 421 g/mol. The average molecular weight is 422 g/mol. The lowest BCUT2D eigenvalue weighted by Gasteiger charge is -2.28. The van der Waals surface area contributed by atoms with E-state index in [0.717, 1.165) is 24.1 Å². The van der Waals surface area contributed by atoms with Crippen LogP contribution in [0.3, 0.4) is 0 Å². The van der Waals surface area contributed by atoms with Gasteiger partial charge in [-0.2, -0.15) is 0 Å². The molecule has 0 saturated heterocycles. The van der Waals surface area contributed by atoms with E-state index in [1.165, 1.54) is 24.4 Å². The average Bonchev–Trinajstić information content (AvgIpc) is 3.36. The molecule has 1 aromatic carbocycles. The third-order valence-corrected chi connectivity index (χ3v) is 8.71. The first-order chi connectivity index (χ1) is 13.1. The molecule has 28 heavy (non-hydrogen) atoms. The first kappa shape index (κ1) is 21.7. The molecule has 0 spiro atoms. The van der Waals surface area contributed by atoms with Gasteiger partial charge in [-0.25, -0.2) is 9.19 Å². The van der Waals surface area contributed by atoms with Gasteiger partial charge in [0, 0.05) is 14.7 Å². The van der Waals surface area contributed by atoms with Gasteiger partial charge in [-0.05, 0) is 68.7 Å². The molecule has 1 saturated carbocycles. The molecular formula is C21H35N3O2SSi. The maximum Gasteiger partial charge on any atom is 0.124 e. The smallest absolute Gasteiger partial charge is 0.124 e. The Bertz CT molecular complexity index is 840. The fourth-order valence-corrected chi connectivity index (χ4v) is 4.72. The van der Waals surface area contributed by atoms with Crippen molar-refractivity contribution in [3.8, 4) is 0 Å². The van der Waals surface area contributed by atoms with E-state index in [4.69, 9.17) is 9.88 Å². The molecule has 5 nitrogen and oxygen atoms in total. The first-order valence-electron chi connectivity index (χ1n) is 10.3. The van der Waals surface area contributed by atoms with E-state index >= 15 is 0 Å². The van der Waals surface area contributed by atoms with Gasteiger partial charge in [0.05, 0.1) is 33.1 Å². The van der Waals surface area contributed by atoms with Crippen LogP contribution in [0, 0.1) is 5.92 Å². The Morgan fingerprint density at radius 2 is 2.07 bits per heavy atom. The predicted molar refractivity (Wildman–Crippen MR) is 120 cm³/mol. The fraction of sp³-hybridized carbons (Fsp3) is 0.667. The standard InChI is InChI=1S/C21H35N3O2SSi/c1-21(2,27(22)25)13-18(16-6-7-16)17-8-9-19-20(12-17)24(14-23-19)15-26-10-11-28(3,4)5/h8-9,12,14,16,18H,6-7,10-11,13,15,22H2,1-5H3/t18-,27?/m1/s1. The molecule has 1 fully saturated rings. The van der Waals surface area contributed by atoms with Crippen LogP contribution < -0.4 is 5.14 Å². The molecule has 1 heterocycles. The third kappa shape index (κ3) is 5.53. The number of imidazole rings is 1. The van der Waals surface area contributed by atoms with Crippen LogP contribution in [-0.2, 0) is 22.5 Å². The maximum absolute atomic E-state index is 12.0. The van der Waals surface area contributed by atoms with E-state index in [2.05, 4.69) is 47.4 Å². The number of rotatable bonds is 10. The zero-order chi connectivity index (χ0) is 20.5. The molecule has 0 aliphatic heterocycles. The predicted octanol–water partition coefficient (Wildman–Crippen LogP) is 4.63. The summed E-state index contributed by atoms with van der Waals surface area (Å²) in [6.07, 6.45) is 5.20. The van der Waals surface area contributed by atoms with Crippen molar-refractivity contribution < 1.29 is 8.95 Å². The molecule has 2 N–H and O–H groups in total. The summed E-state index contributed by atoms with van der Waals surface area (Å²) in [7, 11) is -2.41. The van der Waals surface area contributed by atoms with Crippen molar-refractivity contribution in [2.24, 2.45) is 11.1 Å². The highest BCUT2D eigenvalue weighted by atomic mass is 32.2. The Labute approximate surface area is 172 Å². The van der Waals surface area contributed by atoms with Crippen LogP contribution in [0.2, 0.25) is 25.7 Å². The second kappa shape index (κ2) is 8.38. The van der Waals surface area contributed by atoms with Crippen molar-refractivity contribution in [3.63, 3.8) is 0 Å². The summed E-state index contributed by atoms with van der Waals surface area (Å²) in [5.41, 5.74) is 3.41.